The number of likely N-dealkylation sites (N-methyl/N-ethyl adjacent to an activating group) is 1. The SMILES string of the molecule is Cc1ccc(N(C)C(=O)CN(Cc2ccccc2Cl)S(=O)(=O)c2ccc(Br)cc2)cc1C. The molecule has 0 saturated carbocycles. The van der Waals surface area contributed by atoms with E-state index in [9.17, 15) is 13.2 Å². The molecule has 3 aromatic rings. The molecule has 0 fully saturated rings. The van der Waals surface area contributed by atoms with Gasteiger partial charge in [-0.05, 0) is 73.0 Å². The van der Waals surface area contributed by atoms with Gasteiger partial charge >= 0.3 is 0 Å². The molecule has 0 saturated heterocycles. The predicted octanol–water partition coefficient (Wildman–Crippen LogP) is 5.57. The van der Waals surface area contributed by atoms with E-state index in [1.165, 1.54) is 17.0 Å². The molecule has 32 heavy (non-hydrogen) atoms. The number of nitrogens with zero attached hydrogens (tertiary/aromatic N) is 2. The number of aryl methyl sites for hydroxylation is 2. The number of hydrogen-bond donors (Lipinski definition) is 0. The van der Waals surface area contributed by atoms with Crippen molar-refractivity contribution in [2.24, 2.45) is 0 Å². The smallest absolute Gasteiger partial charge is 0.243 e. The molecule has 3 aromatic carbocycles. The van der Waals surface area contributed by atoms with Crippen molar-refractivity contribution in [2.45, 2.75) is 25.3 Å². The Morgan fingerprint density at radius 1 is 0.969 bits per heavy atom. The third-order valence-electron chi connectivity index (χ3n) is 5.32. The zero-order valence-electron chi connectivity index (χ0n) is 18.0. The highest BCUT2D eigenvalue weighted by molar-refractivity contribution is 9.10. The van der Waals surface area contributed by atoms with Gasteiger partial charge in [-0.15, -0.1) is 0 Å². The van der Waals surface area contributed by atoms with Crippen molar-refractivity contribution in [2.75, 3.05) is 18.5 Å². The topological polar surface area (TPSA) is 57.7 Å². The molecule has 5 nitrogen and oxygen atoms in total. The Labute approximate surface area is 202 Å². The zero-order chi connectivity index (χ0) is 23.5. The van der Waals surface area contributed by atoms with Crippen LogP contribution < -0.4 is 4.90 Å². The lowest BCUT2D eigenvalue weighted by Gasteiger charge is -2.26. The van der Waals surface area contributed by atoms with Crippen LogP contribution in [0.3, 0.4) is 0 Å². The van der Waals surface area contributed by atoms with E-state index in [-0.39, 0.29) is 23.9 Å². The van der Waals surface area contributed by atoms with Crippen LogP contribution in [0, 0.1) is 13.8 Å². The number of rotatable bonds is 7. The maximum Gasteiger partial charge on any atom is 0.243 e. The van der Waals surface area contributed by atoms with E-state index < -0.39 is 10.0 Å². The highest BCUT2D eigenvalue weighted by atomic mass is 79.9. The quantitative estimate of drug-likeness (QED) is 0.397. The lowest BCUT2D eigenvalue weighted by molar-refractivity contribution is -0.118. The molecule has 0 spiro atoms. The van der Waals surface area contributed by atoms with Crippen LogP contribution in [0.15, 0.2) is 76.1 Å². The van der Waals surface area contributed by atoms with Crippen molar-refractivity contribution in [1.82, 2.24) is 4.31 Å². The average molecular weight is 536 g/mol. The van der Waals surface area contributed by atoms with Gasteiger partial charge in [0.2, 0.25) is 15.9 Å². The molecule has 3 rings (SSSR count). The van der Waals surface area contributed by atoms with Gasteiger partial charge in [0, 0.05) is 28.8 Å². The third-order valence-corrected chi connectivity index (χ3v) is 8.02. The summed E-state index contributed by atoms with van der Waals surface area (Å²) >= 11 is 9.61. The van der Waals surface area contributed by atoms with Crippen LogP contribution in [0.4, 0.5) is 5.69 Å². The van der Waals surface area contributed by atoms with Crippen molar-refractivity contribution >= 4 is 49.1 Å². The second-order valence-electron chi connectivity index (χ2n) is 7.54. The van der Waals surface area contributed by atoms with E-state index in [1.54, 1.807) is 43.4 Å². The second-order valence-corrected chi connectivity index (χ2v) is 10.8. The van der Waals surface area contributed by atoms with Crippen molar-refractivity contribution in [3.63, 3.8) is 0 Å². The predicted molar refractivity (Wildman–Crippen MR) is 133 cm³/mol. The maximum atomic E-state index is 13.4. The Morgan fingerprint density at radius 2 is 1.62 bits per heavy atom. The molecule has 168 valence electrons. The van der Waals surface area contributed by atoms with Gasteiger partial charge in [0.05, 0.1) is 11.4 Å². The molecular weight excluding hydrogens is 512 g/mol. The summed E-state index contributed by atoms with van der Waals surface area (Å²) < 4.78 is 28.8. The minimum absolute atomic E-state index is 0.0232. The molecule has 0 heterocycles. The van der Waals surface area contributed by atoms with Crippen LogP contribution in [0.25, 0.3) is 0 Å². The van der Waals surface area contributed by atoms with Gasteiger partial charge in [-0.2, -0.15) is 4.31 Å². The minimum Gasteiger partial charge on any atom is -0.314 e. The number of sulfonamides is 1. The molecule has 0 radical (unpaired) electrons. The standard InChI is InChI=1S/C24H24BrClN2O3S/c1-17-8-11-21(14-18(17)2)27(3)24(29)16-28(15-19-6-4-5-7-23(19)26)32(30,31)22-12-9-20(25)10-13-22/h4-14H,15-16H2,1-3H3. The Bertz CT molecular complexity index is 1230. The van der Waals surface area contributed by atoms with Gasteiger partial charge in [-0.3, -0.25) is 4.79 Å². The van der Waals surface area contributed by atoms with Gasteiger partial charge in [-0.25, -0.2) is 8.42 Å². The molecule has 0 aliphatic heterocycles. The van der Waals surface area contributed by atoms with Crippen molar-refractivity contribution in [1.29, 1.82) is 0 Å². The summed E-state index contributed by atoms with van der Waals surface area (Å²) in [6, 6.07) is 19.0. The number of carbonyl (C=O) groups excluding carboxylic acids is 1. The molecule has 0 aromatic heterocycles. The normalized spacial score (nSPS) is 11.6. The highest BCUT2D eigenvalue weighted by Crippen LogP contribution is 2.25. The first kappa shape index (κ1) is 24.5. The summed E-state index contributed by atoms with van der Waals surface area (Å²) in [5.74, 6) is -0.346. The van der Waals surface area contributed by atoms with Gasteiger partial charge in [0.1, 0.15) is 0 Å². The largest absolute Gasteiger partial charge is 0.314 e. The first-order valence-electron chi connectivity index (χ1n) is 9.92. The summed E-state index contributed by atoms with van der Waals surface area (Å²) in [4.78, 5) is 14.7. The van der Waals surface area contributed by atoms with Gasteiger partial charge in [-0.1, -0.05) is 51.8 Å². The average Bonchev–Trinajstić information content (AvgIpc) is 2.76. The Hall–Kier alpha value is -2.19. The Morgan fingerprint density at radius 3 is 2.25 bits per heavy atom. The van der Waals surface area contributed by atoms with Gasteiger partial charge in [0.15, 0.2) is 0 Å². The maximum absolute atomic E-state index is 13.4. The van der Waals surface area contributed by atoms with Crippen LogP contribution in [-0.2, 0) is 21.4 Å². The third kappa shape index (κ3) is 5.59. The molecule has 8 heteroatoms. The summed E-state index contributed by atoms with van der Waals surface area (Å²) in [5, 5.41) is 0.443. The fraction of sp³-hybridized carbons (Fsp3) is 0.208. The van der Waals surface area contributed by atoms with Gasteiger partial charge < -0.3 is 4.90 Å². The van der Waals surface area contributed by atoms with Crippen LogP contribution in [0.2, 0.25) is 5.02 Å². The lowest BCUT2D eigenvalue weighted by atomic mass is 10.1. The second kappa shape index (κ2) is 10.2. The minimum atomic E-state index is -3.95. The molecule has 0 bridgehead atoms. The molecule has 0 aliphatic rings. The number of carbonyl (C=O) groups is 1. The first-order chi connectivity index (χ1) is 15.1. The molecule has 0 aliphatic carbocycles. The van der Waals surface area contributed by atoms with Crippen molar-refractivity contribution in [3.8, 4) is 0 Å². The number of anilines is 1. The van der Waals surface area contributed by atoms with Crippen molar-refractivity contribution < 1.29 is 13.2 Å². The van der Waals surface area contributed by atoms with Crippen LogP contribution in [0.1, 0.15) is 16.7 Å². The molecule has 0 unspecified atom stereocenters. The van der Waals surface area contributed by atoms with E-state index in [1.807, 2.05) is 32.0 Å². The van der Waals surface area contributed by atoms with E-state index in [2.05, 4.69) is 15.9 Å². The number of hydrogen-bond acceptors (Lipinski definition) is 3. The lowest BCUT2D eigenvalue weighted by Crippen LogP contribution is -2.41. The monoisotopic (exact) mass is 534 g/mol. The van der Waals surface area contributed by atoms with E-state index >= 15 is 0 Å². The summed E-state index contributed by atoms with van der Waals surface area (Å²) in [7, 11) is -2.31. The zero-order valence-corrected chi connectivity index (χ0v) is 21.2. The van der Waals surface area contributed by atoms with Crippen LogP contribution in [-0.4, -0.2) is 32.2 Å². The molecular formula is C24H24BrClN2O3S. The number of halogens is 2. The Balaban J connectivity index is 1.94. The van der Waals surface area contributed by atoms with Gasteiger partial charge in [0.25, 0.3) is 0 Å². The first-order valence-corrected chi connectivity index (χ1v) is 12.5. The van der Waals surface area contributed by atoms with Crippen LogP contribution >= 0.6 is 27.5 Å². The fourth-order valence-electron chi connectivity index (χ4n) is 3.13. The summed E-state index contributed by atoms with van der Waals surface area (Å²) in [6.45, 7) is 3.62. The molecule has 0 N–H and O–H groups in total. The van der Waals surface area contributed by atoms with Crippen molar-refractivity contribution in [3.05, 3.63) is 92.9 Å². The summed E-state index contributed by atoms with van der Waals surface area (Å²) in [6.07, 6.45) is 0. The van der Waals surface area contributed by atoms with E-state index in [4.69, 9.17) is 11.6 Å². The molecule has 0 atom stereocenters. The Kier molecular flexibility index (Phi) is 7.77. The summed E-state index contributed by atoms with van der Waals surface area (Å²) in [5.41, 5.74) is 3.50. The van der Waals surface area contributed by atoms with E-state index in [0.29, 0.717) is 16.3 Å². The number of amides is 1. The number of benzene rings is 3. The highest BCUT2D eigenvalue weighted by Gasteiger charge is 2.29. The fourth-order valence-corrected chi connectivity index (χ4v) is 4.96. The molecule has 1 amide bonds. The van der Waals surface area contributed by atoms with Crippen LogP contribution in [0.5, 0.6) is 0 Å². The van der Waals surface area contributed by atoms with E-state index in [0.717, 1.165) is 19.9 Å².